The molecule has 0 aliphatic heterocycles. The number of nitrogens with one attached hydrogen (secondary N) is 2. The Morgan fingerprint density at radius 1 is 1.48 bits per heavy atom. The maximum absolute atomic E-state index is 13.1. The van der Waals surface area contributed by atoms with Crippen molar-refractivity contribution in [2.45, 2.75) is 18.9 Å². The number of benzene rings is 1. The topological polar surface area (TPSA) is 93.0 Å². The van der Waals surface area contributed by atoms with Crippen molar-refractivity contribution < 1.29 is 13.9 Å². The van der Waals surface area contributed by atoms with Crippen molar-refractivity contribution in [1.29, 1.82) is 0 Å². The van der Waals surface area contributed by atoms with Gasteiger partial charge in [-0.3, -0.25) is 4.79 Å². The van der Waals surface area contributed by atoms with E-state index in [2.05, 4.69) is 15.3 Å². The predicted octanol–water partition coefficient (Wildman–Crippen LogP) is 1.57. The van der Waals surface area contributed by atoms with Crippen molar-refractivity contribution in [1.82, 2.24) is 15.3 Å². The van der Waals surface area contributed by atoms with Crippen LogP contribution in [-0.2, 0) is 16.0 Å². The molecule has 0 bridgehead atoms. The Hall–Kier alpha value is -1.41. The number of halogens is 3. The first-order chi connectivity index (χ1) is 10.1. The standard InChI is InChI=1S/C14H19FN4O2.2ClH/c1-21-10(8-16)7-14(20)17-5-4-13-18-11-3-2-9(15)6-12(11)19-13;;/h2-3,6,10H,4-5,7-8,16H2,1H3,(H,17,20)(H,18,19);2*1H. The summed E-state index contributed by atoms with van der Waals surface area (Å²) in [4.78, 5) is 19.0. The quantitative estimate of drug-likeness (QED) is 0.693. The van der Waals surface area contributed by atoms with Gasteiger partial charge in [-0.2, -0.15) is 0 Å². The summed E-state index contributed by atoms with van der Waals surface area (Å²) in [7, 11) is 1.53. The van der Waals surface area contributed by atoms with Gasteiger partial charge in [0.1, 0.15) is 11.6 Å². The first-order valence-electron chi connectivity index (χ1n) is 6.76. The van der Waals surface area contributed by atoms with Gasteiger partial charge in [0, 0.05) is 26.6 Å². The Morgan fingerprint density at radius 3 is 2.87 bits per heavy atom. The van der Waals surface area contributed by atoms with E-state index < -0.39 is 0 Å². The van der Waals surface area contributed by atoms with Crippen LogP contribution in [0.4, 0.5) is 4.39 Å². The van der Waals surface area contributed by atoms with Gasteiger partial charge in [-0.15, -0.1) is 24.8 Å². The molecule has 0 spiro atoms. The molecule has 9 heteroatoms. The van der Waals surface area contributed by atoms with Gasteiger partial charge in [-0.05, 0) is 18.2 Å². The molecule has 1 atom stereocenters. The third-order valence-corrected chi connectivity index (χ3v) is 3.19. The Kier molecular flexibility index (Phi) is 9.74. The minimum absolute atomic E-state index is 0. The van der Waals surface area contributed by atoms with E-state index in [0.717, 1.165) is 0 Å². The summed E-state index contributed by atoms with van der Waals surface area (Å²) in [5.74, 6) is 0.283. The summed E-state index contributed by atoms with van der Waals surface area (Å²) in [5.41, 5.74) is 6.82. The molecule has 0 radical (unpaired) electrons. The van der Waals surface area contributed by atoms with Crippen molar-refractivity contribution in [3.63, 3.8) is 0 Å². The van der Waals surface area contributed by atoms with E-state index in [1.807, 2.05) is 0 Å². The summed E-state index contributed by atoms with van der Waals surface area (Å²) in [6, 6.07) is 4.38. The molecular weight excluding hydrogens is 346 g/mol. The number of hydrogen-bond acceptors (Lipinski definition) is 4. The molecule has 2 aromatic rings. The Morgan fingerprint density at radius 2 is 2.22 bits per heavy atom. The number of nitrogens with two attached hydrogens (primary N) is 1. The molecule has 1 amide bonds. The molecule has 0 saturated heterocycles. The van der Waals surface area contributed by atoms with Gasteiger partial charge in [0.2, 0.25) is 5.91 Å². The Bertz CT molecular complexity index is 620. The predicted molar refractivity (Wildman–Crippen MR) is 91.7 cm³/mol. The zero-order chi connectivity index (χ0) is 15.2. The lowest BCUT2D eigenvalue weighted by Gasteiger charge is -2.12. The molecule has 1 heterocycles. The monoisotopic (exact) mass is 366 g/mol. The highest BCUT2D eigenvalue weighted by molar-refractivity contribution is 5.85. The van der Waals surface area contributed by atoms with Crippen molar-refractivity contribution in [3.05, 3.63) is 29.8 Å². The maximum atomic E-state index is 13.1. The number of aromatic nitrogens is 2. The number of fused-ring (bicyclic) bond motifs is 1. The zero-order valence-electron chi connectivity index (χ0n) is 12.7. The van der Waals surface area contributed by atoms with Crippen LogP contribution in [0.2, 0.25) is 0 Å². The molecule has 1 aromatic heterocycles. The molecule has 2 rings (SSSR count). The number of hydrogen-bond donors (Lipinski definition) is 3. The third-order valence-electron chi connectivity index (χ3n) is 3.19. The molecule has 130 valence electrons. The third kappa shape index (κ3) is 6.31. The summed E-state index contributed by atoms with van der Waals surface area (Å²) < 4.78 is 18.1. The number of nitrogens with zero attached hydrogens (tertiary/aromatic N) is 1. The first-order valence-corrected chi connectivity index (χ1v) is 6.76. The largest absolute Gasteiger partial charge is 0.380 e. The van der Waals surface area contributed by atoms with Gasteiger partial charge >= 0.3 is 0 Å². The SMILES string of the molecule is COC(CN)CC(=O)NCCc1nc2ccc(F)cc2[nH]1.Cl.Cl. The normalized spacial score (nSPS) is 11.4. The highest BCUT2D eigenvalue weighted by Gasteiger charge is 2.11. The van der Waals surface area contributed by atoms with Gasteiger partial charge < -0.3 is 20.8 Å². The number of carbonyl (C=O) groups is 1. The van der Waals surface area contributed by atoms with Gasteiger partial charge in [-0.1, -0.05) is 0 Å². The number of amides is 1. The van der Waals surface area contributed by atoms with Crippen LogP contribution in [0.3, 0.4) is 0 Å². The number of aromatic amines is 1. The lowest BCUT2D eigenvalue weighted by Crippen LogP contribution is -2.33. The van der Waals surface area contributed by atoms with Crippen LogP contribution >= 0.6 is 24.8 Å². The van der Waals surface area contributed by atoms with Crippen LogP contribution in [0, 0.1) is 5.82 Å². The van der Waals surface area contributed by atoms with Gasteiger partial charge in [0.15, 0.2) is 0 Å². The Balaban J connectivity index is 0.00000242. The molecule has 1 aromatic carbocycles. The van der Waals surface area contributed by atoms with Crippen LogP contribution in [0.5, 0.6) is 0 Å². The number of imidazole rings is 1. The fourth-order valence-corrected chi connectivity index (χ4v) is 2.02. The second-order valence-corrected chi connectivity index (χ2v) is 4.74. The molecule has 23 heavy (non-hydrogen) atoms. The maximum Gasteiger partial charge on any atom is 0.222 e. The fraction of sp³-hybridized carbons (Fsp3) is 0.429. The van der Waals surface area contributed by atoms with E-state index >= 15 is 0 Å². The van der Waals surface area contributed by atoms with E-state index in [9.17, 15) is 9.18 Å². The van der Waals surface area contributed by atoms with Gasteiger partial charge in [0.25, 0.3) is 0 Å². The van der Waals surface area contributed by atoms with Gasteiger partial charge in [-0.25, -0.2) is 9.37 Å². The summed E-state index contributed by atoms with van der Waals surface area (Å²) >= 11 is 0. The second kappa shape index (κ2) is 10.4. The molecule has 1 unspecified atom stereocenters. The lowest BCUT2D eigenvalue weighted by atomic mass is 10.2. The van der Waals surface area contributed by atoms with Crippen LogP contribution in [0.1, 0.15) is 12.2 Å². The molecule has 4 N–H and O–H groups in total. The van der Waals surface area contributed by atoms with Crippen molar-refractivity contribution >= 4 is 41.8 Å². The summed E-state index contributed by atoms with van der Waals surface area (Å²) in [6.07, 6.45) is 0.514. The van der Waals surface area contributed by atoms with Crippen LogP contribution in [-0.4, -0.2) is 42.2 Å². The molecule has 0 fully saturated rings. The summed E-state index contributed by atoms with van der Waals surface area (Å²) in [5, 5.41) is 2.78. The fourth-order valence-electron chi connectivity index (χ4n) is 2.02. The molecule has 0 saturated carbocycles. The first kappa shape index (κ1) is 21.6. The molecular formula is C14H21Cl2FN4O2. The highest BCUT2D eigenvalue weighted by Crippen LogP contribution is 2.12. The minimum atomic E-state index is -0.307. The number of methoxy groups -OCH3 is 1. The average molecular weight is 367 g/mol. The second-order valence-electron chi connectivity index (χ2n) is 4.74. The number of ether oxygens (including phenoxy) is 1. The smallest absolute Gasteiger partial charge is 0.222 e. The van der Waals surface area contributed by atoms with Crippen molar-refractivity contribution in [2.75, 3.05) is 20.2 Å². The zero-order valence-corrected chi connectivity index (χ0v) is 14.3. The molecule has 0 aliphatic rings. The van der Waals surface area contributed by atoms with Crippen LogP contribution in [0.15, 0.2) is 18.2 Å². The van der Waals surface area contributed by atoms with Crippen molar-refractivity contribution in [3.8, 4) is 0 Å². The molecule has 0 aliphatic carbocycles. The van der Waals surface area contributed by atoms with E-state index in [-0.39, 0.29) is 49.1 Å². The highest BCUT2D eigenvalue weighted by atomic mass is 35.5. The number of rotatable bonds is 7. The molecule has 6 nitrogen and oxygen atoms in total. The summed E-state index contributed by atoms with van der Waals surface area (Å²) in [6.45, 7) is 0.751. The van der Waals surface area contributed by atoms with E-state index in [0.29, 0.717) is 36.4 Å². The minimum Gasteiger partial charge on any atom is -0.380 e. The average Bonchev–Trinajstić information content (AvgIpc) is 2.86. The van der Waals surface area contributed by atoms with Gasteiger partial charge in [0.05, 0.1) is 23.6 Å². The van der Waals surface area contributed by atoms with E-state index in [4.69, 9.17) is 10.5 Å². The lowest BCUT2D eigenvalue weighted by molar-refractivity contribution is -0.123. The number of carbonyl (C=O) groups excluding carboxylic acids is 1. The van der Waals surface area contributed by atoms with E-state index in [1.54, 1.807) is 6.07 Å². The van der Waals surface area contributed by atoms with E-state index in [1.165, 1.54) is 19.2 Å². The number of H-pyrrole nitrogens is 1. The Labute approximate surface area is 146 Å². The van der Waals surface area contributed by atoms with Crippen LogP contribution in [0.25, 0.3) is 11.0 Å². The van der Waals surface area contributed by atoms with Crippen molar-refractivity contribution in [2.24, 2.45) is 5.73 Å². The van der Waals surface area contributed by atoms with Crippen LogP contribution < -0.4 is 11.1 Å².